The van der Waals surface area contributed by atoms with Crippen molar-refractivity contribution in [1.29, 1.82) is 0 Å². The van der Waals surface area contributed by atoms with Crippen LogP contribution in [0.3, 0.4) is 0 Å². The van der Waals surface area contributed by atoms with Crippen LogP contribution in [-0.2, 0) is 6.42 Å². The average molecular weight is 423 g/mol. The van der Waals surface area contributed by atoms with Crippen LogP contribution in [-0.4, -0.2) is 9.97 Å². The molecule has 0 spiro atoms. The second-order valence-corrected chi connectivity index (χ2v) is 8.03. The maximum absolute atomic E-state index is 6.40. The Bertz CT molecular complexity index is 876. The van der Waals surface area contributed by atoms with Crippen LogP contribution >= 0.6 is 38.9 Å². The maximum Gasteiger partial charge on any atom is 0.124 e. The van der Waals surface area contributed by atoms with Gasteiger partial charge in [-0.05, 0) is 52.5 Å². The maximum atomic E-state index is 6.40. The van der Waals surface area contributed by atoms with E-state index < -0.39 is 0 Å². The molecule has 0 saturated heterocycles. The molecule has 6 heteroatoms. The number of hydrogen-bond donors (Lipinski definition) is 1. The highest BCUT2D eigenvalue weighted by molar-refractivity contribution is 9.10. The quantitative estimate of drug-likeness (QED) is 0.519. The molecule has 3 rings (SSSR count). The van der Waals surface area contributed by atoms with Gasteiger partial charge in [0, 0.05) is 34.1 Å². The summed E-state index contributed by atoms with van der Waals surface area (Å²) in [6.07, 6.45) is 2.81. The van der Waals surface area contributed by atoms with E-state index in [1.165, 1.54) is 0 Å². The molecule has 3 aromatic rings. The molecular formula is C18H17BrClN3S. The van der Waals surface area contributed by atoms with Gasteiger partial charge in [-0.25, -0.2) is 4.98 Å². The fraction of sp³-hybridized carbons (Fsp3) is 0.222. The van der Waals surface area contributed by atoms with E-state index >= 15 is 0 Å². The molecule has 0 fully saturated rings. The number of thiazole rings is 1. The SMILES string of the molecule is CC(C)Cc1cc(-c2nc(-c3ccc(N)c(Br)c3Cl)cs2)ccn1. The third kappa shape index (κ3) is 3.63. The summed E-state index contributed by atoms with van der Waals surface area (Å²) in [4.78, 5) is 9.19. The van der Waals surface area contributed by atoms with E-state index in [9.17, 15) is 0 Å². The molecule has 0 unspecified atom stereocenters. The summed E-state index contributed by atoms with van der Waals surface area (Å²) < 4.78 is 0.708. The highest BCUT2D eigenvalue weighted by Crippen LogP contribution is 2.38. The minimum Gasteiger partial charge on any atom is -0.398 e. The first-order valence-corrected chi connectivity index (χ1v) is 9.65. The Labute approximate surface area is 159 Å². The number of nitrogens with zero attached hydrogens (tertiary/aromatic N) is 2. The Balaban J connectivity index is 1.96. The fourth-order valence-electron chi connectivity index (χ4n) is 2.43. The molecule has 1 aromatic carbocycles. The molecular weight excluding hydrogens is 406 g/mol. The smallest absolute Gasteiger partial charge is 0.124 e. The second kappa shape index (κ2) is 7.21. The van der Waals surface area contributed by atoms with Gasteiger partial charge in [-0.3, -0.25) is 4.98 Å². The van der Waals surface area contributed by atoms with Crippen molar-refractivity contribution in [3.05, 3.63) is 51.0 Å². The number of pyridine rings is 1. The lowest BCUT2D eigenvalue weighted by atomic mass is 10.1. The predicted molar refractivity (Wildman–Crippen MR) is 106 cm³/mol. The third-order valence-corrected chi connectivity index (χ3v) is 5.94. The first-order valence-electron chi connectivity index (χ1n) is 7.60. The number of hydrogen-bond acceptors (Lipinski definition) is 4. The number of rotatable bonds is 4. The molecule has 0 aliphatic rings. The highest BCUT2D eigenvalue weighted by Gasteiger charge is 2.13. The summed E-state index contributed by atoms with van der Waals surface area (Å²) in [6, 6.07) is 7.84. The molecule has 0 amide bonds. The zero-order valence-electron chi connectivity index (χ0n) is 13.4. The van der Waals surface area contributed by atoms with Crippen molar-refractivity contribution in [2.45, 2.75) is 20.3 Å². The lowest BCUT2D eigenvalue weighted by Gasteiger charge is -2.06. The number of nitrogens with two attached hydrogens (primary N) is 1. The van der Waals surface area contributed by atoms with Crippen molar-refractivity contribution in [1.82, 2.24) is 9.97 Å². The van der Waals surface area contributed by atoms with E-state index in [2.05, 4.69) is 40.8 Å². The molecule has 0 aliphatic carbocycles. The summed E-state index contributed by atoms with van der Waals surface area (Å²) in [6.45, 7) is 4.38. The summed E-state index contributed by atoms with van der Waals surface area (Å²) in [5.41, 5.74) is 10.4. The van der Waals surface area contributed by atoms with Gasteiger partial charge >= 0.3 is 0 Å². The topological polar surface area (TPSA) is 51.8 Å². The number of nitrogen functional groups attached to an aromatic ring is 1. The van der Waals surface area contributed by atoms with Crippen molar-refractivity contribution in [3.63, 3.8) is 0 Å². The number of benzene rings is 1. The van der Waals surface area contributed by atoms with E-state index in [0.717, 1.165) is 33.9 Å². The Morgan fingerprint density at radius 3 is 2.83 bits per heavy atom. The standard InChI is InChI=1S/C18H17BrClN3S/c1-10(2)7-12-8-11(5-6-22-12)18-23-15(9-24-18)13-3-4-14(21)16(19)17(13)20/h3-6,8-10H,7,21H2,1-2H3. The summed E-state index contributed by atoms with van der Waals surface area (Å²) in [5, 5.41) is 3.56. The van der Waals surface area contributed by atoms with Crippen molar-refractivity contribution in [2.24, 2.45) is 5.92 Å². The first-order chi connectivity index (χ1) is 11.5. The normalized spacial score (nSPS) is 11.2. The van der Waals surface area contributed by atoms with Gasteiger partial charge in [-0.15, -0.1) is 11.3 Å². The van der Waals surface area contributed by atoms with Crippen LogP contribution in [0.4, 0.5) is 5.69 Å². The molecule has 3 nitrogen and oxygen atoms in total. The van der Waals surface area contributed by atoms with Gasteiger partial charge in [-0.1, -0.05) is 25.4 Å². The Morgan fingerprint density at radius 1 is 1.29 bits per heavy atom. The van der Waals surface area contributed by atoms with Gasteiger partial charge in [0.2, 0.25) is 0 Å². The van der Waals surface area contributed by atoms with E-state index in [1.54, 1.807) is 11.3 Å². The zero-order chi connectivity index (χ0) is 17.3. The van der Waals surface area contributed by atoms with Crippen LogP contribution < -0.4 is 5.73 Å². The molecule has 0 saturated carbocycles. The van der Waals surface area contributed by atoms with Gasteiger partial charge in [0.25, 0.3) is 0 Å². The average Bonchev–Trinajstić information content (AvgIpc) is 3.02. The van der Waals surface area contributed by atoms with E-state index in [0.29, 0.717) is 21.1 Å². The van der Waals surface area contributed by atoms with E-state index in [1.807, 2.05) is 29.8 Å². The van der Waals surface area contributed by atoms with Gasteiger partial charge < -0.3 is 5.73 Å². The molecule has 2 N–H and O–H groups in total. The number of anilines is 1. The predicted octanol–water partition coefficient (Wildman–Crippen LogP) is 6.07. The summed E-state index contributed by atoms with van der Waals surface area (Å²) in [7, 11) is 0. The van der Waals surface area contributed by atoms with Crippen LogP contribution in [0, 0.1) is 5.92 Å². The second-order valence-electron chi connectivity index (χ2n) is 6.00. The molecule has 0 bridgehead atoms. The van der Waals surface area contributed by atoms with Crippen LogP contribution in [0.5, 0.6) is 0 Å². The van der Waals surface area contributed by atoms with Crippen molar-refractivity contribution in [3.8, 4) is 21.8 Å². The molecule has 124 valence electrons. The molecule has 0 aliphatic heterocycles. The minimum atomic E-state index is 0.575. The lowest BCUT2D eigenvalue weighted by molar-refractivity contribution is 0.635. The lowest BCUT2D eigenvalue weighted by Crippen LogP contribution is -1.97. The Morgan fingerprint density at radius 2 is 2.08 bits per heavy atom. The van der Waals surface area contributed by atoms with Gasteiger partial charge in [0.05, 0.1) is 15.2 Å². The van der Waals surface area contributed by atoms with Crippen molar-refractivity contribution >= 4 is 44.6 Å². The highest BCUT2D eigenvalue weighted by atomic mass is 79.9. The van der Waals surface area contributed by atoms with Crippen LogP contribution in [0.2, 0.25) is 5.02 Å². The Hall–Kier alpha value is -1.43. The van der Waals surface area contributed by atoms with E-state index in [4.69, 9.17) is 22.3 Å². The van der Waals surface area contributed by atoms with Gasteiger partial charge in [0.15, 0.2) is 0 Å². The fourth-order valence-corrected chi connectivity index (χ4v) is 3.87. The van der Waals surface area contributed by atoms with Crippen LogP contribution in [0.25, 0.3) is 21.8 Å². The Kier molecular flexibility index (Phi) is 5.23. The first kappa shape index (κ1) is 17.4. The number of halogens is 2. The van der Waals surface area contributed by atoms with Crippen LogP contribution in [0.15, 0.2) is 40.3 Å². The zero-order valence-corrected chi connectivity index (χ0v) is 16.5. The number of aromatic nitrogens is 2. The van der Waals surface area contributed by atoms with Crippen LogP contribution in [0.1, 0.15) is 19.5 Å². The van der Waals surface area contributed by atoms with Crippen molar-refractivity contribution < 1.29 is 0 Å². The molecule has 2 heterocycles. The summed E-state index contributed by atoms with van der Waals surface area (Å²) in [5.74, 6) is 0.575. The molecule has 24 heavy (non-hydrogen) atoms. The largest absolute Gasteiger partial charge is 0.398 e. The molecule has 2 aromatic heterocycles. The minimum absolute atomic E-state index is 0.575. The van der Waals surface area contributed by atoms with E-state index in [-0.39, 0.29) is 0 Å². The molecule has 0 radical (unpaired) electrons. The summed E-state index contributed by atoms with van der Waals surface area (Å²) >= 11 is 11.4. The molecule has 0 atom stereocenters. The van der Waals surface area contributed by atoms with Crippen molar-refractivity contribution in [2.75, 3.05) is 5.73 Å². The van der Waals surface area contributed by atoms with Gasteiger partial charge in [0.1, 0.15) is 5.01 Å². The third-order valence-electron chi connectivity index (χ3n) is 3.57. The van der Waals surface area contributed by atoms with Gasteiger partial charge in [-0.2, -0.15) is 0 Å². The monoisotopic (exact) mass is 421 g/mol.